The van der Waals surface area contributed by atoms with Crippen LogP contribution in [0.1, 0.15) is 89.5 Å². The Labute approximate surface area is 214 Å². The molecule has 0 bridgehead atoms. The van der Waals surface area contributed by atoms with E-state index in [4.69, 9.17) is 0 Å². The second-order valence-corrected chi connectivity index (χ2v) is 6.96. The largest absolute Gasteiger partial charge is 0.338 e. The molecule has 35 heavy (non-hydrogen) atoms. The highest BCUT2D eigenvalue weighted by Gasteiger charge is 2.03. The summed E-state index contributed by atoms with van der Waals surface area (Å²) in [5, 5.41) is 10.4. The first-order chi connectivity index (χ1) is 15.4. The molecule has 6 N–H and O–H groups in total. The number of para-hydroxylation sites is 2. The third kappa shape index (κ3) is 27.2. The van der Waals surface area contributed by atoms with Gasteiger partial charge in [-0.25, -0.2) is 14.4 Å². The molecule has 3 heterocycles. The normalized spacial score (nSPS) is 11.9. The number of carbonyl (C=O) groups is 2. The number of hydrogen-bond acceptors (Lipinski definition) is 3. The Kier molecular flexibility index (Phi) is 37.4. The Morgan fingerprint density at radius 3 is 1.09 bits per heavy atom. The molecule has 9 nitrogen and oxygen atoms in total. The molecule has 1 aromatic carbocycles. The van der Waals surface area contributed by atoms with E-state index >= 15 is 0 Å². The number of fused-ring (bicyclic) bond motifs is 1. The molecule has 9 heteroatoms. The van der Waals surface area contributed by atoms with Crippen molar-refractivity contribution in [2.24, 2.45) is 0 Å². The number of imidazole rings is 1. The third-order valence-corrected chi connectivity index (χ3v) is 3.04. The van der Waals surface area contributed by atoms with Crippen LogP contribution in [0, 0.1) is 0 Å². The summed E-state index contributed by atoms with van der Waals surface area (Å²) >= 11 is 0. The fourth-order valence-electron chi connectivity index (χ4n) is 1.95. The maximum atomic E-state index is 10.7. The number of benzene rings is 1. The van der Waals surface area contributed by atoms with Gasteiger partial charge in [0.25, 0.3) is 0 Å². The Bertz CT molecular complexity index is 702. The summed E-state index contributed by atoms with van der Waals surface area (Å²) in [6.07, 6.45) is 4.80. The van der Waals surface area contributed by atoms with E-state index in [1.54, 1.807) is 0 Å². The van der Waals surface area contributed by atoms with Crippen LogP contribution in [-0.4, -0.2) is 48.2 Å². The van der Waals surface area contributed by atoms with Crippen LogP contribution in [0.3, 0.4) is 0 Å². The van der Waals surface area contributed by atoms with Gasteiger partial charge < -0.3 is 31.2 Å². The van der Waals surface area contributed by atoms with E-state index in [-0.39, 0.29) is 40.0 Å². The van der Waals surface area contributed by atoms with E-state index < -0.39 is 0 Å². The average Bonchev–Trinajstić information content (AvgIpc) is 3.39. The molecule has 0 radical (unpaired) electrons. The molecular weight excluding hydrogens is 444 g/mol. The monoisotopic (exact) mass is 500 g/mol. The number of aromatic nitrogens is 2. The lowest BCUT2D eigenvalue weighted by molar-refractivity contribution is 0.236. The van der Waals surface area contributed by atoms with Crippen LogP contribution < -0.4 is 27.0 Å². The number of urea groups is 2. The molecule has 208 valence electrons. The lowest BCUT2D eigenvalue weighted by Crippen LogP contribution is -2.42. The minimum atomic E-state index is -0.152. The van der Waals surface area contributed by atoms with Crippen LogP contribution in [0.5, 0.6) is 0 Å². The fraction of sp³-hybridized carbons (Fsp3) is 0.654. The summed E-state index contributed by atoms with van der Waals surface area (Å²) in [7, 11) is 0. The van der Waals surface area contributed by atoms with Gasteiger partial charge in [-0.15, -0.1) is 0 Å². The number of amides is 4. The van der Waals surface area contributed by atoms with Crippen LogP contribution in [0.2, 0.25) is 0 Å². The number of H-pyrrole nitrogens is 2. The predicted octanol–water partition coefficient (Wildman–Crippen LogP) is 6.00. The fourth-order valence-corrected chi connectivity index (χ4v) is 1.95. The van der Waals surface area contributed by atoms with E-state index in [0.717, 1.165) is 43.6 Å². The molecule has 0 spiro atoms. The van der Waals surface area contributed by atoms with Crippen molar-refractivity contribution in [3.8, 4) is 0 Å². The molecule has 2 saturated heterocycles. The second-order valence-electron chi connectivity index (χ2n) is 6.96. The van der Waals surface area contributed by atoms with Crippen LogP contribution >= 0.6 is 0 Å². The first-order valence-electron chi connectivity index (χ1n) is 11.6. The Hall–Kier alpha value is -2.97. The maximum Gasteiger partial charge on any atom is 0.323 e. The van der Waals surface area contributed by atoms with Crippen molar-refractivity contribution in [1.82, 2.24) is 31.2 Å². The Morgan fingerprint density at radius 2 is 0.857 bits per heavy atom. The maximum absolute atomic E-state index is 10.7. The van der Waals surface area contributed by atoms with Gasteiger partial charge >= 0.3 is 17.8 Å². The number of hydrogen-bond donors (Lipinski definition) is 6. The lowest BCUT2D eigenvalue weighted by Gasteiger charge is -2.11. The smallest absolute Gasteiger partial charge is 0.323 e. The first kappa shape index (κ1) is 42.2. The summed E-state index contributed by atoms with van der Waals surface area (Å²) in [4.78, 5) is 36.2. The zero-order chi connectivity index (χ0) is 24.6. The molecule has 1 aromatic heterocycles. The van der Waals surface area contributed by atoms with Crippen LogP contribution in [0.15, 0.2) is 29.1 Å². The summed E-state index contributed by atoms with van der Waals surface area (Å²) in [6.45, 7) is 16.0. The van der Waals surface area contributed by atoms with Gasteiger partial charge in [-0.05, 0) is 18.6 Å². The predicted molar refractivity (Wildman–Crippen MR) is 154 cm³/mol. The van der Waals surface area contributed by atoms with E-state index in [0.29, 0.717) is 0 Å². The average molecular weight is 501 g/mol. The minimum absolute atomic E-state index is 0. The van der Waals surface area contributed by atoms with Gasteiger partial charge in [0.15, 0.2) is 0 Å². The molecule has 2 aliphatic heterocycles. The van der Waals surface area contributed by atoms with Crippen molar-refractivity contribution >= 4 is 23.1 Å². The van der Waals surface area contributed by atoms with E-state index in [2.05, 4.69) is 72.8 Å². The van der Waals surface area contributed by atoms with E-state index in [1.807, 2.05) is 24.3 Å². The van der Waals surface area contributed by atoms with E-state index in [9.17, 15) is 14.4 Å². The van der Waals surface area contributed by atoms with Crippen molar-refractivity contribution in [2.75, 3.05) is 26.2 Å². The molecule has 2 aliphatic rings. The quantitative estimate of drug-likeness (QED) is 0.265. The van der Waals surface area contributed by atoms with Gasteiger partial charge in [0, 0.05) is 26.2 Å². The topological polar surface area (TPSA) is 131 Å². The summed E-state index contributed by atoms with van der Waals surface area (Å²) in [5.74, 6) is 0. The zero-order valence-electron chi connectivity index (χ0n) is 20.7. The Balaban J connectivity index is -0.000000108. The zero-order valence-corrected chi connectivity index (χ0v) is 20.7. The van der Waals surface area contributed by atoms with E-state index in [1.165, 1.54) is 19.3 Å². The SMILES string of the molecule is C.C.C.CCC.CCC.CCC.O=C1NCCCN1.O=C1NCCN1.O=c1[nH]c2ccccc2[nH]1. The molecule has 0 atom stereocenters. The molecule has 2 fully saturated rings. The van der Waals surface area contributed by atoms with Gasteiger partial charge in [-0.1, -0.05) is 95.2 Å². The van der Waals surface area contributed by atoms with Crippen molar-refractivity contribution in [3.05, 3.63) is 34.7 Å². The lowest BCUT2D eigenvalue weighted by atomic mass is 10.3. The van der Waals surface area contributed by atoms with Crippen LogP contribution in [0.25, 0.3) is 11.0 Å². The van der Waals surface area contributed by atoms with Crippen LogP contribution in [0.4, 0.5) is 9.59 Å². The molecular formula is C26H56N6O3. The molecule has 0 saturated carbocycles. The van der Waals surface area contributed by atoms with Gasteiger partial charge in [-0.2, -0.15) is 0 Å². The summed E-state index contributed by atoms with van der Waals surface area (Å²) < 4.78 is 0. The number of rotatable bonds is 0. The molecule has 2 aromatic rings. The highest BCUT2D eigenvalue weighted by Crippen LogP contribution is 2.03. The first-order valence-corrected chi connectivity index (χ1v) is 11.6. The Morgan fingerprint density at radius 1 is 0.571 bits per heavy atom. The van der Waals surface area contributed by atoms with Crippen molar-refractivity contribution in [1.29, 1.82) is 0 Å². The number of nitrogens with one attached hydrogen (secondary N) is 6. The molecule has 0 aliphatic carbocycles. The minimum Gasteiger partial charge on any atom is -0.338 e. The molecule has 4 rings (SSSR count). The third-order valence-electron chi connectivity index (χ3n) is 3.04. The van der Waals surface area contributed by atoms with Crippen molar-refractivity contribution < 1.29 is 9.59 Å². The van der Waals surface area contributed by atoms with Crippen LogP contribution in [-0.2, 0) is 0 Å². The highest BCUT2D eigenvalue weighted by atomic mass is 16.2. The second kappa shape index (κ2) is 31.0. The molecule has 4 amide bonds. The van der Waals surface area contributed by atoms with Gasteiger partial charge in [0.2, 0.25) is 0 Å². The summed E-state index contributed by atoms with van der Waals surface area (Å²) in [5.41, 5.74) is 1.56. The van der Waals surface area contributed by atoms with Gasteiger partial charge in [0.05, 0.1) is 11.0 Å². The molecule has 0 unspecified atom stereocenters. The number of carbonyl (C=O) groups excluding carboxylic acids is 2. The van der Waals surface area contributed by atoms with Gasteiger partial charge in [0.1, 0.15) is 0 Å². The van der Waals surface area contributed by atoms with Gasteiger partial charge in [-0.3, -0.25) is 0 Å². The number of aromatic amines is 2. The standard InChI is InChI=1S/C7H6N2O.C4H8N2O.C3H6N2O.3C3H8.3CH4/c10-7-8-5-3-1-2-4-6(5)9-7;7-4-5-2-1-3-6-4;6-3-4-1-2-5-3;3*1-3-2;;;/h1-4H,(H2,8,9,10);1-3H2,(H2,5,6,7);1-2H2,(H2,4,5,6);3*3H2,1-2H3;3*1H4. The summed E-state index contributed by atoms with van der Waals surface area (Å²) in [6, 6.07) is 7.39. The van der Waals surface area contributed by atoms with Crippen molar-refractivity contribution in [2.45, 2.75) is 89.5 Å². The highest BCUT2D eigenvalue weighted by molar-refractivity contribution is 5.75. The van der Waals surface area contributed by atoms with Crippen molar-refractivity contribution in [3.63, 3.8) is 0 Å².